The van der Waals surface area contributed by atoms with Crippen LogP contribution in [0, 0.1) is 23.3 Å². The molecule has 0 bridgehead atoms. The maximum Gasteiger partial charge on any atom is 0.495 e. The number of hydrogen-bond donors (Lipinski definition) is 0. The molecule has 1 heterocycles. The summed E-state index contributed by atoms with van der Waals surface area (Å²) in [5.74, 6) is -3.54. The summed E-state index contributed by atoms with van der Waals surface area (Å²) in [4.78, 5) is 20.6. The van der Waals surface area contributed by atoms with E-state index in [2.05, 4.69) is 15.9 Å². The summed E-state index contributed by atoms with van der Waals surface area (Å²) in [7, 11) is -0.852. The highest BCUT2D eigenvalue weighted by Crippen LogP contribution is 2.36. The summed E-state index contributed by atoms with van der Waals surface area (Å²) < 4.78 is 64.0. The van der Waals surface area contributed by atoms with Gasteiger partial charge in [0.2, 0.25) is 0 Å². The van der Waals surface area contributed by atoms with Gasteiger partial charge >= 0.3 is 7.12 Å². The Morgan fingerprint density at radius 3 is 1.43 bits per heavy atom. The number of carbonyl (C=O) groups is 2. The summed E-state index contributed by atoms with van der Waals surface area (Å²) in [5, 5.41) is 0. The Morgan fingerprint density at radius 1 is 0.767 bits per heavy atom. The molecule has 0 aromatic heterocycles. The lowest BCUT2D eigenvalue weighted by atomic mass is 9.78. The highest BCUT2D eigenvalue weighted by molar-refractivity contribution is 9.10. The predicted octanol–water partition coefficient (Wildman–Crippen LogP) is 4.62. The SMILES string of the molecule is CC1(C)OB(c2cc(F)c(C=O)c(F)c2)OC1(C)C.O=Cc1c(F)cc(Br)cc1F. The van der Waals surface area contributed by atoms with E-state index in [1.165, 1.54) is 0 Å². The highest BCUT2D eigenvalue weighted by atomic mass is 79.9. The molecule has 4 nitrogen and oxygen atoms in total. The van der Waals surface area contributed by atoms with Gasteiger partial charge in [-0.2, -0.15) is 0 Å². The van der Waals surface area contributed by atoms with Crippen molar-refractivity contribution >= 4 is 41.1 Å². The minimum absolute atomic E-state index is 0.150. The Hall–Kier alpha value is -2.04. The van der Waals surface area contributed by atoms with Crippen LogP contribution in [0.5, 0.6) is 0 Å². The lowest BCUT2D eigenvalue weighted by Gasteiger charge is -2.32. The van der Waals surface area contributed by atoms with Crippen LogP contribution in [0.2, 0.25) is 0 Å². The maximum absolute atomic E-state index is 13.6. The second-order valence-corrected chi connectivity index (χ2v) is 8.42. The van der Waals surface area contributed by atoms with E-state index in [1.54, 1.807) is 0 Å². The molecule has 0 spiro atoms. The van der Waals surface area contributed by atoms with Crippen molar-refractivity contribution in [3.63, 3.8) is 0 Å². The first-order valence-electron chi connectivity index (χ1n) is 8.72. The first kappa shape index (κ1) is 24.2. The predicted molar refractivity (Wildman–Crippen MR) is 107 cm³/mol. The van der Waals surface area contributed by atoms with Gasteiger partial charge in [-0.3, -0.25) is 9.59 Å². The number of benzene rings is 2. The molecule has 160 valence electrons. The molecule has 1 fully saturated rings. The van der Waals surface area contributed by atoms with Crippen LogP contribution in [0.15, 0.2) is 28.7 Å². The summed E-state index contributed by atoms with van der Waals surface area (Å²) in [6.45, 7) is 7.39. The van der Waals surface area contributed by atoms with Gasteiger partial charge in [0.25, 0.3) is 0 Å². The molecule has 3 rings (SSSR count). The van der Waals surface area contributed by atoms with Crippen LogP contribution in [-0.2, 0) is 9.31 Å². The van der Waals surface area contributed by atoms with Crippen LogP contribution >= 0.6 is 15.9 Å². The molecular weight excluding hydrogens is 471 g/mol. The van der Waals surface area contributed by atoms with E-state index in [0.717, 1.165) is 24.3 Å². The largest absolute Gasteiger partial charge is 0.495 e. The molecule has 0 aliphatic carbocycles. The second-order valence-electron chi connectivity index (χ2n) is 7.51. The van der Waals surface area contributed by atoms with E-state index in [0.29, 0.717) is 0 Å². The number of aldehydes is 2. The molecular formula is C20H18BBrF4O4. The Morgan fingerprint density at radius 2 is 1.10 bits per heavy atom. The molecule has 2 aromatic carbocycles. The van der Waals surface area contributed by atoms with Crippen molar-refractivity contribution in [2.45, 2.75) is 38.9 Å². The smallest absolute Gasteiger partial charge is 0.399 e. The molecule has 2 aromatic rings. The van der Waals surface area contributed by atoms with E-state index >= 15 is 0 Å². The van der Waals surface area contributed by atoms with Gasteiger partial charge in [0.1, 0.15) is 23.3 Å². The van der Waals surface area contributed by atoms with Crippen LogP contribution in [0.1, 0.15) is 48.4 Å². The average molecular weight is 489 g/mol. The molecule has 0 saturated carbocycles. The normalized spacial score (nSPS) is 16.6. The third-order valence-corrected chi connectivity index (χ3v) is 5.36. The molecule has 0 amide bonds. The summed E-state index contributed by atoms with van der Waals surface area (Å²) in [6, 6.07) is 4.20. The standard InChI is InChI=1S/C13H15BF2O3.C7H3BrF2O/c1-12(2)13(3,4)19-14(18-12)8-5-10(15)9(7-17)11(16)6-8;8-4-1-6(9)5(3-11)7(10)2-4/h5-7H,1-4H3;1-3H. The van der Waals surface area contributed by atoms with Crippen molar-refractivity contribution < 1.29 is 36.5 Å². The van der Waals surface area contributed by atoms with Gasteiger partial charge < -0.3 is 9.31 Å². The lowest BCUT2D eigenvalue weighted by Crippen LogP contribution is -2.41. The fourth-order valence-corrected chi connectivity index (χ4v) is 2.90. The summed E-state index contributed by atoms with van der Waals surface area (Å²) in [5.41, 5.74) is -2.07. The van der Waals surface area contributed by atoms with Crippen molar-refractivity contribution in [3.05, 3.63) is 63.1 Å². The van der Waals surface area contributed by atoms with Crippen molar-refractivity contribution in [1.82, 2.24) is 0 Å². The Balaban J connectivity index is 0.000000248. The third-order valence-electron chi connectivity index (χ3n) is 4.91. The van der Waals surface area contributed by atoms with Gasteiger partial charge in [0.15, 0.2) is 12.6 Å². The number of halogens is 5. The number of hydrogen-bond acceptors (Lipinski definition) is 4. The van der Waals surface area contributed by atoms with Gasteiger partial charge in [-0.1, -0.05) is 15.9 Å². The van der Waals surface area contributed by atoms with Crippen LogP contribution in [-0.4, -0.2) is 30.9 Å². The molecule has 0 N–H and O–H groups in total. The van der Waals surface area contributed by atoms with E-state index in [4.69, 9.17) is 9.31 Å². The van der Waals surface area contributed by atoms with Gasteiger partial charge in [-0.15, -0.1) is 0 Å². The van der Waals surface area contributed by atoms with Crippen LogP contribution in [0.3, 0.4) is 0 Å². The summed E-state index contributed by atoms with van der Waals surface area (Å²) in [6.07, 6.45) is 0.301. The molecule has 1 aliphatic rings. The summed E-state index contributed by atoms with van der Waals surface area (Å²) >= 11 is 2.88. The second kappa shape index (κ2) is 8.99. The van der Waals surface area contributed by atoms with E-state index in [1.807, 2.05) is 27.7 Å². The number of rotatable bonds is 3. The van der Waals surface area contributed by atoms with Crippen molar-refractivity contribution in [2.75, 3.05) is 0 Å². The average Bonchev–Trinajstić information content (AvgIpc) is 2.82. The Labute approximate surface area is 179 Å². The topological polar surface area (TPSA) is 52.6 Å². The monoisotopic (exact) mass is 488 g/mol. The van der Waals surface area contributed by atoms with Crippen LogP contribution < -0.4 is 5.46 Å². The zero-order chi connectivity index (χ0) is 22.9. The van der Waals surface area contributed by atoms with Gasteiger partial charge in [-0.05, 0) is 57.4 Å². The van der Waals surface area contributed by atoms with Gasteiger partial charge in [-0.25, -0.2) is 17.6 Å². The fourth-order valence-electron chi connectivity index (χ4n) is 2.50. The van der Waals surface area contributed by atoms with E-state index in [9.17, 15) is 27.2 Å². The molecule has 1 saturated heterocycles. The Kier molecular flexibility index (Phi) is 7.26. The van der Waals surface area contributed by atoms with Gasteiger partial charge in [0.05, 0.1) is 22.3 Å². The zero-order valence-corrected chi connectivity index (χ0v) is 18.2. The molecule has 10 heteroatoms. The minimum atomic E-state index is -0.917. The van der Waals surface area contributed by atoms with Crippen LogP contribution in [0.4, 0.5) is 17.6 Å². The first-order chi connectivity index (χ1) is 13.8. The van der Waals surface area contributed by atoms with E-state index < -0.39 is 52.7 Å². The van der Waals surface area contributed by atoms with Crippen molar-refractivity contribution in [3.8, 4) is 0 Å². The maximum atomic E-state index is 13.6. The van der Waals surface area contributed by atoms with Crippen molar-refractivity contribution in [2.24, 2.45) is 0 Å². The van der Waals surface area contributed by atoms with Crippen LogP contribution in [0.25, 0.3) is 0 Å². The lowest BCUT2D eigenvalue weighted by molar-refractivity contribution is 0.00578. The minimum Gasteiger partial charge on any atom is -0.399 e. The molecule has 30 heavy (non-hydrogen) atoms. The fraction of sp³-hybridized carbons (Fsp3) is 0.300. The van der Waals surface area contributed by atoms with Gasteiger partial charge in [0, 0.05) is 4.47 Å². The molecule has 1 aliphatic heterocycles. The molecule has 0 radical (unpaired) electrons. The van der Waals surface area contributed by atoms with Crippen molar-refractivity contribution in [1.29, 1.82) is 0 Å². The highest BCUT2D eigenvalue weighted by Gasteiger charge is 2.51. The molecule has 0 atom stereocenters. The third kappa shape index (κ3) is 4.99. The number of carbonyl (C=O) groups excluding carboxylic acids is 2. The first-order valence-corrected chi connectivity index (χ1v) is 9.51. The Bertz CT molecular complexity index is 919. The molecule has 0 unspecified atom stereocenters. The van der Waals surface area contributed by atoms with E-state index in [-0.39, 0.29) is 22.5 Å². The zero-order valence-electron chi connectivity index (χ0n) is 16.6. The quantitative estimate of drug-likeness (QED) is 0.359.